The van der Waals surface area contributed by atoms with Crippen molar-refractivity contribution >= 4 is 5.52 Å². The zero-order chi connectivity index (χ0) is 11.7. The fourth-order valence-corrected chi connectivity index (χ4v) is 2.07. The van der Waals surface area contributed by atoms with Gasteiger partial charge in [0.2, 0.25) is 0 Å². The second-order valence-electron chi connectivity index (χ2n) is 3.94. The van der Waals surface area contributed by atoms with Crippen LogP contribution >= 0.6 is 0 Å². The van der Waals surface area contributed by atoms with E-state index in [1.54, 1.807) is 0 Å². The van der Waals surface area contributed by atoms with Gasteiger partial charge in [0.1, 0.15) is 5.82 Å². The lowest BCUT2D eigenvalue weighted by Gasteiger charge is -2.11. The molecule has 86 valence electrons. The van der Waals surface area contributed by atoms with Crippen molar-refractivity contribution in [2.75, 3.05) is 6.61 Å². The summed E-state index contributed by atoms with van der Waals surface area (Å²) in [6, 6.07) is 3.55. The van der Waals surface area contributed by atoms with E-state index in [0.717, 1.165) is 29.0 Å². The van der Waals surface area contributed by atoms with E-state index < -0.39 is 0 Å². The molecule has 0 aliphatic heterocycles. The molecule has 0 saturated heterocycles. The highest BCUT2D eigenvalue weighted by molar-refractivity contribution is 5.60. The first-order chi connectivity index (χ1) is 7.69. The van der Waals surface area contributed by atoms with Crippen molar-refractivity contribution < 1.29 is 5.11 Å². The predicted octanol–water partition coefficient (Wildman–Crippen LogP) is 1.20. The van der Waals surface area contributed by atoms with Gasteiger partial charge in [-0.15, -0.1) is 0 Å². The Kier molecular flexibility index (Phi) is 2.94. The highest BCUT2D eigenvalue weighted by atomic mass is 16.3. The van der Waals surface area contributed by atoms with Crippen LogP contribution in [0.1, 0.15) is 30.0 Å². The summed E-state index contributed by atoms with van der Waals surface area (Å²) in [5, 5.41) is 9.15. The molecule has 2 aromatic rings. The van der Waals surface area contributed by atoms with E-state index in [2.05, 4.69) is 16.3 Å². The van der Waals surface area contributed by atoms with Crippen molar-refractivity contribution in [3.8, 4) is 0 Å². The predicted molar refractivity (Wildman–Crippen MR) is 63.3 cm³/mol. The molecule has 0 bridgehead atoms. The maximum absolute atomic E-state index is 9.15. The third-order valence-electron chi connectivity index (χ3n) is 2.86. The normalized spacial score (nSPS) is 13.2. The fourth-order valence-electron chi connectivity index (χ4n) is 2.07. The lowest BCUT2D eigenvalue weighted by molar-refractivity contribution is 0.268. The molecule has 1 unspecified atom stereocenters. The van der Waals surface area contributed by atoms with Crippen LogP contribution in [0.3, 0.4) is 0 Å². The number of nitrogens with two attached hydrogens (primary N) is 1. The Hall–Kier alpha value is -1.39. The average molecular weight is 219 g/mol. The number of hydrogen-bond donors (Lipinski definition) is 2. The smallest absolute Gasteiger partial charge is 0.113 e. The van der Waals surface area contributed by atoms with Gasteiger partial charge in [-0.3, -0.25) is 0 Å². The van der Waals surface area contributed by atoms with Crippen molar-refractivity contribution in [1.82, 2.24) is 9.38 Å². The number of hydrogen-bond acceptors (Lipinski definition) is 3. The largest absolute Gasteiger partial charge is 0.394 e. The summed E-state index contributed by atoms with van der Waals surface area (Å²) in [7, 11) is 0. The van der Waals surface area contributed by atoms with Crippen LogP contribution in [0.5, 0.6) is 0 Å². The number of aryl methyl sites for hydroxylation is 2. The molecule has 0 spiro atoms. The summed E-state index contributed by atoms with van der Waals surface area (Å²) in [5.41, 5.74) is 8.84. The molecular formula is C12H17N3O. The zero-order valence-corrected chi connectivity index (χ0v) is 9.64. The van der Waals surface area contributed by atoms with Gasteiger partial charge in [-0.2, -0.15) is 0 Å². The van der Waals surface area contributed by atoms with Crippen LogP contribution in [-0.2, 0) is 6.42 Å². The van der Waals surface area contributed by atoms with Crippen LogP contribution in [0.4, 0.5) is 0 Å². The van der Waals surface area contributed by atoms with Gasteiger partial charge >= 0.3 is 0 Å². The van der Waals surface area contributed by atoms with Gasteiger partial charge in [0.05, 0.1) is 23.9 Å². The summed E-state index contributed by atoms with van der Waals surface area (Å²) in [6.45, 7) is 4.00. The molecule has 1 atom stereocenters. The number of aromatic nitrogens is 2. The van der Waals surface area contributed by atoms with E-state index >= 15 is 0 Å². The van der Waals surface area contributed by atoms with Gasteiger partial charge in [-0.1, -0.05) is 13.0 Å². The SMILES string of the molecule is CCc1nc(C)c2c(C(N)CO)cccn12. The maximum Gasteiger partial charge on any atom is 0.113 e. The van der Waals surface area contributed by atoms with E-state index in [-0.39, 0.29) is 12.6 Å². The molecule has 4 nitrogen and oxygen atoms in total. The number of fused-ring (bicyclic) bond motifs is 1. The first kappa shape index (κ1) is 11.1. The van der Waals surface area contributed by atoms with Crippen LogP contribution in [0.2, 0.25) is 0 Å². The first-order valence-corrected chi connectivity index (χ1v) is 5.52. The second kappa shape index (κ2) is 4.23. The van der Waals surface area contributed by atoms with Gasteiger partial charge < -0.3 is 15.2 Å². The standard InChI is InChI=1S/C12H17N3O/c1-3-11-14-8(2)12-9(10(13)7-16)5-4-6-15(11)12/h4-6,10,16H,3,7,13H2,1-2H3. The van der Waals surface area contributed by atoms with Gasteiger partial charge in [-0.25, -0.2) is 4.98 Å². The molecule has 0 fully saturated rings. The number of nitrogens with zero attached hydrogens (tertiary/aromatic N) is 2. The molecule has 16 heavy (non-hydrogen) atoms. The second-order valence-corrected chi connectivity index (χ2v) is 3.94. The molecule has 4 heteroatoms. The van der Waals surface area contributed by atoms with Crippen molar-refractivity contribution in [2.45, 2.75) is 26.3 Å². The molecule has 0 radical (unpaired) electrons. The molecule has 0 aliphatic carbocycles. The van der Waals surface area contributed by atoms with Crippen LogP contribution < -0.4 is 5.73 Å². The Morgan fingerprint density at radius 3 is 2.94 bits per heavy atom. The van der Waals surface area contributed by atoms with E-state index in [9.17, 15) is 0 Å². The highest BCUT2D eigenvalue weighted by Crippen LogP contribution is 2.22. The maximum atomic E-state index is 9.15. The molecule has 2 aromatic heterocycles. The Bertz CT molecular complexity index is 504. The summed E-state index contributed by atoms with van der Waals surface area (Å²) in [5.74, 6) is 1.03. The summed E-state index contributed by atoms with van der Waals surface area (Å²) in [6.07, 6.45) is 2.87. The zero-order valence-electron chi connectivity index (χ0n) is 9.64. The van der Waals surface area contributed by atoms with Gasteiger partial charge in [0, 0.05) is 12.6 Å². The molecule has 0 saturated carbocycles. The lowest BCUT2D eigenvalue weighted by Crippen LogP contribution is -2.15. The quantitative estimate of drug-likeness (QED) is 0.815. The van der Waals surface area contributed by atoms with Gasteiger partial charge in [0.25, 0.3) is 0 Å². The third-order valence-corrected chi connectivity index (χ3v) is 2.86. The van der Waals surface area contributed by atoms with Crippen LogP contribution in [0.25, 0.3) is 5.52 Å². The summed E-state index contributed by atoms with van der Waals surface area (Å²) < 4.78 is 2.06. The van der Waals surface area contributed by atoms with Gasteiger partial charge in [-0.05, 0) is 18.6 Å². The average Bonchev–Trinajstić information content (AvgIpc) is 2.65. The number of aliphatic hydroxyl groups is 1. The third kappa shape index (κ3) is 1.60. The van der Waals surface area contributed by atoms with Crippen LogP contribution in [0.15, 0.2) is 18.3 Å². The minimum absolute atomic E-state index is 0.0498. The van der Waals surface area contributed by atoms with E-state index in [0.29, 0.717) is 0 Å². The number of aliphatic hydroxyl groups excluding tert-OH is 1. The fraction of sp³-hybridized carbons (Fsp3) is 0.417. The Labute approximate surface area is 94.7 Å². The molecule has 3 N–H and O–H groups in total. The number of rotatable bonds is 3. The topological polar surface area (TPSA) is 63.5 Å². The molecule has 2 rings (SSSR count). The molecular weight excluding hydrogens is 202 g/mol. The molecule has 0 aromatic carbocycles. The summed E-state index contributed by atoms with van der Waals surface area (Å²) >= 11 is 0. The van der Waals surface area contributed by atoms with Crippen molar-refractivity contribution in [3.63, 3.8) is 0 Å². The van der Waals surface area contributed by atoms with E-state index in [4.69, 9.17) is 10.8 Å². The van der Waals surface area contributed by atoms with Crippen LogP contribution in [-0.4, -0.2) is 21.1 Å². The number of pyridine rings is 1. The lowest BCUT2D eigenvalue weighted by atomic mass is 10.1. The monoisotopic (exact) mass is 219 g/mol. The first-order valence-electron chi connectivity index (χ1n) is 5.52. The Morgan fingerprint density at radius 2 is 2.31 bits per heavy atom. The highest BCUT2D eigenvalue weighted by Gasteiger charge is 2.14. The molecule has 0 aliphatic rings. The Morgan fingerprint density at radius 1 is 1.56 bits per heavy atom. The van der Waals surface area contributed by atoms with Crippen molar-refractivity contribution in [2.24, 2.45) is 5.73 Å². The van der Waals surface area contributed by atoms with E-state index in [1.165, 1.54) is 0 Å². The minimum atomic E-state index is -0.344. The van der Waals surface area contributed by atoms with E-state index in [1.807, 2.05) is 25.3 Å². The number of imidazole rings is 1. The van der Waals surface area contributed by atoms with Gasteiger partial charge in [0.15, 0.2) is 0 Å². The molecule has 0 amide bonds. The Balaban J connectivity index is 2.72. The molecule has 2 heterocycles. The minimum Gasteiger partial charge on any atom is -0.394 e. The van der Waals surface area contributed by atoms with Crippen LogP contribution in [0, 0.1) is 6.92 Å². The summed E-state index contributed by atoms with van der Waals surface area (Å²) in [4.78, 5) is 4.51. The van der Waals surface area contributed by atoms with Crippen molar-refractivity contribution in [3.05, 3.63) is 35.4 Å². The van der Waals surface area contributed by atoms with Crippen molar-refractivity contribution in [1.29, 1.82) is 0 Å².